The molecule has 0 atom stereocenters. The largest absolute Gasteiger partial charge is 0.507 e. The summed E-state index contributed by atoms with van der Waals surface area (Å²) >= 11 is 3.65. The summed E-state index contributed by atoms with van der Waals surface area (Å²) in [6.07, 6.45) is 1.62. The van der Waals surface area contributed by atoms with E-state index in [-0.39, 0.29) is 11.3 Å². The highest BCUT2D eigenvalue weighted by Crippen LogP contribution is 2.31. The minimum absolute atomic E-state index is 0.0793. The number of benzene rings is 2. The lowest BCUT2D eigenvalue weighted by atomic mass is 10.1. The maximum atomic E-state index is 12.2. The van der Waals surface area contributed by atoms with E-state index in [2.05, 4.69) is 63.1 Å². The molecular formula is C22H22BrN3O2. The van der Waals surface area contributed by atoms with Gasteiger partial charge >= 0.3 is 0 Å². The van der Waals surface area contributed by atoms with Crippen LogP contribution in [0.3, 0.4) is 0 Å². The molecule has 0 aliphatic heterocycles. The lowest BCUT2D eigenvalue weighted by Gasteiger charge is -2.13. The van der Waals surface area contributed by atoms with Crippen molar-refractivity contribution in [2.45, 2.75) is 27.7 Å². The molecule has 0 unspecified atom stereocenters. The molecule has 0 saturated heterocycles. The fraction of sp³-hybridized carbons (Fsp3) is 0.182. The van der Waals surface area contributed by atoms with Crippen LogP contribution in [0.25, 0.3) is 5.69 Å². The van der Waals surface area contributed by atoms with Crippen molar-refractivity contribution in [3.05, 3.63) is 80.6 Å². The quantitative estimate of drug-likeness (QED) is 0.446. The Balaban J connectivity index is 1.90. The van der Waals surface area contributed by atoms with E-state index in [4.69, 9.17) is 0 Å². The molecule has 1 aromatic heterocycles. The van der Waals surface area contributed by atoms with Gasteiger partial charge in [0.25, 0.3) is 5.91 Å². The Morgan fingerprint density at radius 3 is 2.50 bits per heavy atom. The molecule has 0 radical (unpaired) electrons. The third-order valence-electron chi connectivity index (χ3n) is 4.72. The highest BCUT2D eigenvalue weighted by atomic mass is 79.9. The van der Waals surface area contributed by atoms with Gasteiger partial charge in [0.2, 0.25) is 0 Å². The summed E-state index contributed by atoms with van der Waals surface area (Å²) in [6.45, 7) is 8.22. The number of carbonyl (C=O) groups excluding carboxylic acids is 1. The Kier molecular flexibility index (Phi) is 5.70. The van der Waals surface area contributed by atoms with E-state index < -0.39 is 5.91 Å². The van der Waals surface area contributed by atoms with Crippen molar-refractivity contribution < 1.29 is 9.90 Å². The molecular weight excluding hydrogens is 418 g/mol. The van der Waals surface area contributed by atoms with Crippen LogP contribution in [-0.4, -0.2) is 21.8 Å². The third-order valence-corrected chi connectivity index (χ3v) is 5.72. The third kappa shape index (κ3) is 3.73. The highest BCUT2D eigenvalue weighted by molar-refractivity contribution is 9.10. The molecule has 28 heavy (non-hydrogen) atoms. The second kappa shape index (κ2) is 8.02. The molecule has 5 nitrogen and oxygen atoms in total. The first kappa shape index (κ1) is 19.9. The second-order valence-corrected chi connectivity index (χ2v) is 7.53. The molecule has 2 N–H and O–H groups in total. The van der Waals surface area contributed by atoms with Crippen molar-refractivity contribution in [2.24, 2.45) is 5.10 Å². The van der Waals surface area contributed by atoms with Crippen LogP contribution in [0.1, 0.15) is 38.4 Å². The van der Waals surface area contributed by atoms with Gasteiger partial charge in [-0.2, -0.15) is 5.10 Å². The van der Waals surface area contributed by atoms with E-state index in [1.54, 1.807) is 24.4 Å². The summed E-state index contributed by atoms with van der Waals surface area (Å²) in [5.74, 6) is -0.543. The van der Waals surface area contributed by atoms with Gasteiger partial charge in [-0.05, 0) is 67.4 Å². The van der Waals surface area contributed by atoms with Gasteiger partial charge in [-0.1, -0.05) is 29.8 Å². The standard InChI is InChI=1S/C22H22BrN3O2/c1-13-9-10-19(14(2)11-13)26-15(3)18(21(23)16(26)4)12-24-25-22(28)17-7-5-6-8-20(17)27/h5-12,27H,1-4H3,(H,25,28)/b24-12-. The predicted octanol–water partition coefficient (Wildman–Crippen LogP) is 4.94. The van der Waals surface area contributed by atoms with Gasteiger partial charge in [0.05, 0.1) is 11.8 Å². The van der Waals surface area contributed by atoms with Crippen LogP contribution in [0.2, 0.25) is 0 Å². The Labute approximate surface area is 172 Å². The van der Waals surface area contributed by atoms with Gasteiger partial charge in [-0.25, -0.2) is 5.43 Å². The lowest BCUT2D eigenvalue weighted by Crippen LogP contribution is -2.17. The van der Waals surface area contributed by atoms with Crippen molar-refractivity contribution in [3.8, 4) is 11.4 Å². The number of aryl methyl sites for hydroxylation is 2. The number of carbonyl (C=O) groups is 1. The number of rotatable bonds is 4. The van der Waals surface area contributed by atoms with Crippen LogP contribution in [0.5, 0.6) is 5.75 Å². The zero-order valence-electron chi connectivity index (χ0n) is 16.2. The number of hydrogen-bond acceptors (Lipinski definition) is 3. The number of amides is 1. The highest BCUT2D eigenvalue weighted by Gasteiger charge is 2.17. The Bertz CT molecular complexity index is 1080. The molecule has 144 valence electrons. The van der Waals surface area contributed by atoms with E-state index in [1.807, 2.05) is 13.8 Å². The SMILES string of the molecule is Cc1ccc(-n2c(C)c(Br)c(/C=N\NC(=O)c3ccccc3O)c2C)c(C)c1. The van der Waals surface area contributed by atoms with Crippen molar-refractivity contribution in [1.29, 1.82) is 0 Å². The molecule has 0 saturated carbocycles. The Hall–Kier alpha value is -2.86. The van der Waals surface area contributed by atoms with E-state index in [0.29, 0.717) is 0 Å². The predicted molar refractivity (Wildman–Crippen MR) is 116 cm³/mol. The molecule has 0 spiro atoms. The monoisotopic (exact) mass is 439 g/mol. The molecule has 6 heteroatoms. The summed E-state index contributed by atoms with van der Waals surface area (Å²) in [5, 5.41) is 13.9. The first-order valence-corrected chi connectivity index (χ1v) is 9.67. The van der Waals surface area contributed by atoms with Crippen LogP contribution in [0.4, 0.5) is 0 Å². The van der Waals surface area contributed by atoms with Crippen LogP contribution in [-0.2, 0) is 0 Å². The number of para-hydroxylation sites is 1. The number of phenols is 1. The fourth-order valence-corrected chi connectivity index (χ4v) is 3.84. The first-order valence-electron chi connectivity index (χ1n) is 8.87. The number of halogens is 1. The summed E-state index contributed by atoms with van der Waals surface area (Å²) in [5.41, 5.74) is 9.11. The summed E-state index contributed by atoms with van der Waals surface area (Å²) in [7, 11) is 0. The zero-order chi connectivity index (χ0) is 20.4. The molecule has 0 aliphatic carbocycles. The van der Waals surface area contributed by atoms with E-state index in [0.717, 1.165) is 27.1 Å². The second-order valence-electron chi connectivity index (χ2n) is 6.74. The number of aromatic hydroxyl groups is 1. The molecule has 3 rings (SSSR count). The van der Waals surface area contributed by atoms with E-state index in [9.17, 15) is 9.90 Å². The maximum absolute atomic E-state index is 12.2. The average Bonchev–Trinajstić information content (AvgIpc) is 2.86. The number of aromatic nitrogens is 1. The molecule has 2 aromatic carbocycles. The van der Waals surface area contributed by atoms with Crippen LogP contribution in [0.15, 0.2) is 52.0 Å². The van der Waals surface area contributed by atoms with Crippen molar-refractivity contribution in [3.63, 3.8) is 0 Å². The van der Waals surface area contributed by atoms with E-state index >= 15 is 0 Å². The topological polar surface area (TPSA) is 66.6 Å². The van der Waals surface area contributed by atoms with Crippen molar-refractivity contribution in [2.75, 3.05) is 0 Å². The van der Waals surface area contributed by atoms with Crippen LogP contribution >= 0.6 is 15.9 Å². The van der Waals surface area contributed by atoms with E-state index in [1.165, 1.54) is 17.2 Å². The molecule has 0 aliphatic rings. The molecule has 0 fully saturated rings. The smallest absolute Gasteiger partial charge is 0.275 e. The summed E-state index contributed by atoms with van der Waals surface area (Å²) in [6, 6.07) is 12.7. The van der Waals surface area contributed by atoms with Gasteiger partial charge < -0.3 is 9.67 Å². The zero-order valence-corrected chi connectivity index (χ0v) is 17.8. The minimum Gasteiger partial charge on any atom is -0.507 e. The van der Waals surface area contributed by atoms with Gasteiger partial charge in [-0.3, -0.25) is 4.79 Å². The lowest BCUT2D eigenvalue weighted by molar-refractivity contribution is 0.0952. The number of hydrazone groups is 1. The normalized spacial score (nSPS) is 11.2. The molecule has 1 amide bonds. The number of nitrogens with one attached hydrogen (secondary N) is 1. The number of nitrogens with zero attached hydrogens (tertiary/aromatic N) is 2. The summed E-state index contributed by atoms with van der Waals surface area (Å²) in [4.78, 5) is 12.2. The molecule has 3 aromatic rings. The van der Waals surface area contributed by atoms with Gasteiger partial charge in [0.15, 0.2) is 0 Å². The summed E-state index contributed by atoms with van der Waals surface area (Å²) < 4.78 is 3.09. The van der Waals surface area contributed by atoms with Crippen LogP contribution < -0.4 is 5.43 Å². The average molecular weight is 440 g/mol. The maximum Gasteiger partial charge on any atom is 0.275 e. The Morgan fingerprint density at radius 2 is 1.82 bits per heavy atom. The molecule has 1 heterocycles. The van der Waals surface area contributed by atoms with Crippen molar-refractivity contribution >= 4 is 28.1 Å². The van der Waals surface area contributed by atoms with Gasteiger partial charge in [0, 0.05) is 27.1 Å². The first-order chi connectivity index (χ1) is 13.3. The van der Waals surface area contributed by atoms with Gasteiger partial charge in [0.1, 0.15) is 5.75 Å². The number of hydrogen-bond donors (Lipinski definition) is 2. The Morgan fingerprint density at radius 1 is 1.11 bits per heavy atom. The van der Waals surface area contributed by atoms with Crippen LogP contribution in [0, 0.1) is 27.7 Å². The minimum atomic E-state index is -0.464. The molecule has 0 bridgehead atoms. The fourth-order valence-electron chi connectivity index (χ4n) is 3.27. The van der Waals surface area contributed by atoms with Gasteiger partial charge in [-0.15, -0.1) is 0 Å². The van der Waals surface area contributed by atoms with Crippen molar-refractivity contribution in [1.82, 2.24) is 9.99 Å². The number of phenolic OH excluding ortho intramolecular Hbond substituents is 1.